The van der Waals surface area contributed by atoms with Crippen molar-refractivity contribution in [1.29, 1.82) is 0 Å². The van der Waals surface area contributed by atoms with Crippen LogP contribution in [0.3, 0.4) is 0 Å². The third-order valence-corrected chi connectivity index (χ3v) is 4.37. The first kappa shape index (κ1) is 15.4. The van der Waals surface area contributed by atoms with Crippen molar-refractivity contribution < 1.29 is 18.3 Å². The molecule has 0 fully saturated rings. The van der Waals surface area contributed by atoms with Gasteiger partial charge >= 0.3 is 5.97 Å². The number of carboxylic acid groups (broad SMARTS) is 1. The van der Waals surface area contributed by atoms with Crippen molar-refractivity contribution in [3.8, 4) is 0 Å². The number of sulfonamides is 1. The zero-order chi connectivity index (χ0) is 14.8. The Balaban J connectivity index is 3.24. The predicted octanol–water partition coefficient (Wildman–Crippen LogP) is 0.437. The molecule has 0 amide bonds. The van der Waals surface area contributed by atoms with Gasteiger partial charge in [-0.25, -0.2) is 13.1 Å². The van der Waals surface area contributed by atoms with E-state index in [1.807, 2.05) is 0 Å². The van der Waals surface area contributed by atoms with E-state index in [1.54, 1.807) is 6.92 Å². The molecule has 106 valence electrons. The molecule has 0 saturated carbocycles. The van der Waals surface area contributed by atoms with Gasteiger partial charge in [-0.05, 0) is 20.8 Å². The molecule has 0 spiro atoms. The van der Waals surface area contributed by atoms with Crippen molar-refractivity contribution in [3.63, 3.8) is 0 Å². The van der Waals surface area contributed by atoms with Crippen LogP contribution < -0.4 is 4.72 Å². The molecule has 7 nitrogen and oxygen atoms in total. The van der Waals surface area contributed by atoms with Gasteiger partial charge in [0.2, 0.25) is 10.0 Å². The van der Waals surface area contributed by atoms with Crippen molar-refractivity contribution in [3.05, 3.63) is 24.0 Å². The van der Waals surface area contributed by atoms with Crippen LogP contribution in [0.15, 0.2) is 17.6 Å². The highest BCUT2D eigenvalue weighted by atomic mass is 32.2. The number of nitrogens with one attached hydrogen (secondary N) is 1. The number of aliphatic carboxylic acids is 1. The number of hydrogen-bond donors (Lipinski definition) is 2. The lowest BCUT2D eigenvalue weighted by Gasteiger charge is -2.10. The summed E-state index contributed by atoms with van der Waals surface area (Å²) in [5.41, 5.74) is 0.561. The highest BCUT2D eigenvalue weighted by Crippen LogP contribution is 2.19. The molecule has 1 unspecified atom stereocenters. The summed E-state index contributed by atoms with van der Waals surface area (Å²) in [6.45, 7) is 7.83. The van der Waals surface area contributed by atoms with E-state index in [0.717, 1.165) is 4.68 Å². The number of rotatable bonds is 6. The van der Waals surface area contributed by atoms with E-state index >= 15 is 0 Å². The van der Waals surface area contributed by atoms with Gasteiger partial charge in [-0.2, -0.15) is 5.10 Å². The van der Waals surface area contributed by atoms with E-state index < -0.39 is 22.0 Å². The summed E-state index contributed by atoms with van der Waals surface area (Å²) in [6, 6.07) is -0.424. The standard InChI is InChI=1S/C11H17N3O4S/c1-5-7(2)13-19(17,18)11-8(3)12-14(9(11)4)6-10(15)16/h5,7,13H,1,6H2,2-4H3,(H,15,16). The van der Waals surface area contributed by atoms with Gasteiger partial charge < -0.3 is 5.11 Å². The molecule has 0 aliphatic heterocycles. The molecular formula is C11H17N3O4S. The van der Waals surface area contributed by atoms with Crippen LogP contribution in [-0.4, -0.2) is 35.3 Å². The van der Waals surface area contributed by atoms with Crippen LogP contribution in [0, 0.1) is 13.8 Å². The second kappa shape index (κ2) is 5.54. The minimum atomic E-state index is -3.75. The van der Waals surface area contributed by atoms with Crippen LogP contribution in [0.2, 0.25) is 0 Å². The largest absolute Gasteiger partial charge is 0.480 e. The lowest BCUT2D eigenvalue weighted by atomic mass is 10.4. The first-order valence-corrected chi connectivity index (χ1v) is 7.08. The molecule has 2 N–H and O–H groups in total. The van der Waals surface area contributed by atoms with E-state index in [1.165, 1.54) is 19.9 Å². The maximum absolute atomic E-state index is 12.2. The zero-order valence-electron chi connectivity index (χ0n) is 11.0. The van der Waals surface area contributed by atoms with Gasteiger partial charge in [0.1, 0.15) is 11.4 Å². The van der Waals surface area contributed by atoms with Crippen molar-refractivity contribution in [2.45, 2.75) is 38.3 Å². The third kappa shape index (κ3) is 3.42. The summed E-state index contributed by atoms with van der Waals surface area (Å²) < 4.78 is 27.9. The Morgan fingerprint density at radius 2 is 2.16 bits per heavy atom. The number of carboxylic acids is 1. The quantitative estimate of drug-likeness (QED) is 0.739. The smallest absolute Gasteiger partial charge is 0.325 e. The Labute approximate surface area is 112 Å². The zero-order valence-corrected chi connectivity index (χ0v) is 11.9. The van der Waals surface area contributed by atoms with Gasteiger partial charge in [-0.3, -0.25) is 9.48 Å². The van der Waals surface area contributed by atoms with Crippen LogP contribution in [0.4, 0.5) is 0 Å². The van der Waals surface area contributed by atoms with E-state index in [2.05, 4.69) is 16.4 Å². The van der Waals surface area contributed by atoms with Crippen LogP contribution in [0.25, 0.3) is 0 Å². The molecule has 1 heterocycles. The van der Waals surface area contributed by atoms with Gasteiger partial charge in [0.15, 0.2) is 0 Å². The van der Waals surface area contributed by atoms with E-state index in [9.17, 15) is 13.2 Å². The second-order valence-electron chi connectivity index (χ2n) is 4.20. The Morgan fingerprint density at radius 3 is 2.63 bits per heavy atom. The third-order valence-electron chi connectivity index (χ3n) is 2.56. The van der Waals surface area contributed by atoms with Gasteiger partial charge in [-0.1, -0.05) is 6.08 Å². The van der Waals surface area contributed by atoms with Gasteiger partial charge in [0, 0.05) is 6.04 Å². The highest BCUT2D eigenvalue weighted by molar-refractivity contribution is 7.89. The van der Waals surface area contributed by atoms with Crippen molar-refractivity contribution in [1.82, 2.24) is 14.5 Å². The lowest BCUT2D eigenvalue weighted by Crippen LogP contribution is -2.31. The Kier molecular flexibility index (Phi) is 4.48. The Morgan fingerprint density at radius 1 is 1.58 bits per heavy atom. The molecule has 0 bridgehead atoms. The first-order chi connectivity index (χ1) is 8.69. The minimum Gasteiger partial charge on any atom is -0.480 e. The van der Waals surface area contributed by atoms with Crippen LogP contribution in [0.5, 0.6) is 0 Å². The number of nitrogens with zero attached hydrogens (tertiary/aromatic N) is 2. The topological polar surface area (TPSA) is 101 Å². The van der Waals surface area contributed by atoms with E-state index in [0.29, 0.717) is 5.69 Å². The maximum atomic E-state index is 12.2. The van der Waals surface area contributed by atoms with Gasteiger partial charge in [-0.15, -0.1) is 6.58 Å². The SMILES string of the molecule is C=CC(C)NS(=O)(=O)c1c(C)nn(CC(=O)O)c1C. The maximum Gasteiger partial charge on any atom is 0.325 e. The summed E-state index contributed by atoms with van der Waals surface area (Å²) in [7, 11) is -3.75. The molecule has 0 saturated heterocycles. The van der Waals surface area contributed by atoms with E-state index in [-0.39, 0.29) is 17.1 Å². The molecule has 1 rings (SSSR count). The average Bonchev–Trinajstić information content (AvgIpc) is 2.52. The number of carbonyl (C=O) groups is 1. The van der Waals surface area contributed by atoms with Crippen LogP contribution in [0.1, 0.15) is 18.3 Å². The molecular weight excluding hydrogens is 270 g/mol. The number of aromatic nitrogens is 2. The first-order valence-electron chi connectivity index (χ1n) is 5.59. The summed E-state index contributed by atoms with van der Waals surface area (Å²) in [5, 5.41) is 12.7. The molecule has 0 aliphatic rings. The van der Waals surface area contributed by atoms with Gasteiger partial charge in [0.05, 0.1) is 11.4 Å². The summed E-state index contributed by atoms with van der Waals surface area (Å²) in [6.07, 6.45) is 1.46. The number of aryl methyl sites for hydroxylation is 1. The Bertz CT molecular complexity index is 604. The summed E-state index contributed by atoms with van der Waals surface area (Å²) >= 11 is 0. The second-order valence-corrected chi connectivity index (χ2v) is 5.85. The molecule has 1 aromatic rings. The Hall–Kier alpha value is -1.67. The molecule has 0 aliphatic carbocycles. The van der Waals surface area contributed by atoms with Crippen molar-refractivity contribution >= 4 is 16.0 Å². The molecule has 0 radical (unpaired) electrons. The lowest BCUT2D eigenvalue weighted by molar-refractivity contribution is -0.137. The molecule has 19 heavy (non-hydrogen) atoms. The van der Waals surface area contributed by atoms with Gasteiger partial charge in [0.25, 0.3) is 0 Å². The fourth-order valence-electron chi connectivity index (χ4n) is 1.70. The normalized spacial score (nSPS) is 13.2. The fraction of sp³-hybridized carbons (Fsp3) is 0.455. The fourth-order valence-corrected chi connectivity index (χ4v) is 3.33. The highest BCUT2D eigenvalue weighted by Gasteiger charge is 2.25. The number of hydrogen-bond acceptors (Lipinski definition) is 4. The van der Waals surface area contributed by atoms with Crippen molar-refractivity contribution in [2.75, 3.05) is 0 Å². The molecule has 1 atom stereocenters. The predicted molar refractivity (Wildman–Crippen MR) is 69.3 cm³/mol. The summed E-state index contributed by atoms with van der Waals surface area (Å²) in [4.78, 5) is 10.7. The van der Waals surface area contributed by atoms with Crippen molar-refractivity contribution in [2.24, 2.45) is 0 Å². The monoisotopic (exact) mass is 287 g/mol. The van der Waals surface area contributed by atoms with Crippen LogP contribution in [-0.2, 0) is 21.4 Å². The average molecular weight is 287 g/mol. The minimum absolute atomic E-state index is 0.0162. The molecule has 0 aromatic carbocycles. The van der Waals surface area contributed by atoms with Crippen LogP contribution >= 0.6 is 0 Å². The summed E-state index contributed by atoms with van der Waals surface area (Å²) in [5.74, 6) is -1.08. The van der Waals surface area contributed by atoms with E-state index in [4.69, 9.17) is 5.11 Å². The molecule has 8 heteroatoms. The molecule has 1 aromatic heterocycles.